The number of nitrogens with zero attached hydrogens (tertiary/aromatic N) is 2. The Balaban J connectivity index is 1.72. The van der Waals surface area contributed by atoms with Gasteiger partial charge in [-0.3, -0.25) is 9.78 Å². The van der Waals surface area contributed by atoms with Crippen molar-refractivity contribution in [3.05, 3.63) is 71.9 Å². The number of likely N-dealkylation sites (tertiary alicyclic amines) is 1. The van der Waals surface area contributed by atoms with E-state index in [0.717, 1.165) is 48.9 Å². The number of rotatable bonds is 3. The van der Waals surface area contributed by atoms with Crippen molar-refractivity contribution in [3.8, 4) is 5.75 Å². The van der Waals surface area contributed by atoms with Crippen LogP contribution >= 0.6 is 0 Å². The maximum absolute atomic E-state index is 13.5. The van der Waals surface area contributed by atoms with Crippen molar-refractivity contribution in [1.29, 1.82) is 0 Å². The minimum atomic E-state index is 0.0713. The maximum Gasteiger partial charge on any atom is 0.256 e. The van der Waals surface area contributed by atoms with E-state index in [2.05, 4.69) is 17.1 Å². The van der Waals surface area contributed by atoms with Crippen molar-refractivity contribution in [2.75, 3.05) is 13.7 Å². The van der Waals surface area contributed by atoms with Gasteiger partial charge in [0.2, 0.25) is 0 Å². The minimum Gasteiger partial charge on any atom is -0.497 e. The highest BCUT2D eigenvalue weighted by Gasteiger charge is 2.28. The maximum atomic E-state index is 13.5. The number of ether oxygens (including phenoxy) is 1. The van der Waals surface area contributed by atoms with Crippen LogP contribution in [0.15, 0.2) is 60.8 Å². The van der Waals surface area contributed by atoms with E-state index in [9.17, 15) is 4.79 Å². The van der Waals surface area contributed by atoms with Gasteiger partial charge in [-0.15, -0.1) is 0 Å². The van der Waals surface area contributed by atoms with Gasteiger partial charge < -0.3 is 9.64 Å². The number of hydrogen-bond acceptors (Lipinski definition) is 3. The van der Waals surface area contributed by atoms with E-state index in [1.165, 1.54) is 5.56 Å². The summed E-state index contributed by atoms with van der Waals surface area (Å²) in [6, 6.07) is 17.9. The second-order valence-corrected chi connectivity index (χ2v) is 7.02. The number of carbonyl (C=O) groups is 1. The third-order valence-corrected chi connectivity index (χ3v) is 5.38. The van der Waals surface area contributed by atoms with Gasteiger partial charge in [0, 0.05) is 18.1 Å². The molecular weight excluding hydrogens is 336 g/mol. The number of fused-ring (bicyclic) bond motifs is 1. The van der Waals surface area contributed by atoms with Crippen molar-refractivity contribution in [2.45, 2.75) is 31.7 Å². The lowest BCUT2D eigenvalue weighted by Gasteiger charge is -2.31. The van der Waals surface area contributed by atoms with Crippen LogP contribution in [0.3, 0.4) is 0 Å². The van der Waals surface area contributed by atoms with Crippen LogP contribution in [0.5, 0.6) is 5.75 Å². The summed E-state index contributed by atoms with van der Waals surface area (Å²) in [5.74, 6) is 0.908. The van der Waals surface area contributed by atoms with E-state index in [1.807, 2.05) is 47.4 Å². The first kappa shape index (κ1) is 17.5. The molecule has 0 aliphatic carbocycles. The molecule has 0 N–H and O–H groups in total. The molecule has 138 valence electrons. The van der Waals surface area contributed by atoms with E-state index in [4.69, 9.17) is 4.74 Å². The highest BCUT2D eigenvalue weighted by molar-refractivity contribution is 6.05. The largest absolute Gasteiger partial charge is 0.497 e. The van der Waals surface area contributed by atoms with Crippen LogP contribution in [0.2, 0.25) is 0 Å². The molecule has 1 amide bonds. The summed E-state index contributed by atoms with van der Waals surface area (Å²) in [6.45, 7) is 0.777. The molecule has 2 heterocycles. The van der Waals surface area contributed by atoms with Gasteiger partial charge in [0.25, 0.3) is 5.91 Å². The Morgan fingerprint density at radius 1 is 1.04 bits per heavy atom. The lowest BCUT2D eigenvalue weighted by atomic mass is 9.99. The Labute approximate surface area is 159 Å². The highest BCUT2D eigenvalue weighted by Crippen LogP contribution is 2.33. The Kier molecular flexibility index (Phi) is 5.05. The van der Waals surface area contributed by atoms with Gasteiger partial charge in [-0.05, 0) is 42.7 Å². The second kappa shape index (κ2) is 7.78. The molecule has 4 heteroatoms. The van der Waals surface area contributed by atoms with Crippen molar-refractivity contribution in [1.82, 2.24) is 9.88 Å². The molecule has 27 heavy (non-hydrogen) atoms. The molecule has 2 aromatic carbocycles. The third-order valence-electron chi connectivity index (χ3n) is 5.38. The number of carbonyl (C=O) groups excluding carboxylic acids is 1. The summed E-state index contributed by atoms with van der Waals surface area (Å²) in [4.78, 5) is 20.1. The number of pyridine rings is 1. The van der Waals surface area contributed by atoms with Crippen LogP contribution in [-0.2, 0) is 0 Å². The first-order valence-electron chi connectivity index (χ1n) is 9.56. The molecule has 1 aromatic heterocycles. The zero-order valence-electron chi connectivity index (χ0n) is 15.6. The molecule has 1 fully saturated rings. The molecular formula is C23H24N2O2. The molecule has 1 atom stereocenters. The van der Waals surface area contributed by atoms with Crippen LogP contribution in [0, 0.1) is 0 Å². The molecule has 3 aromatic rings. The first-order valence-corrected chi connectivity index (χ1v) is 9.56. The van der Waals surface area contributed by atoms with Crippen LogP contribution in [0.25, 0.3) is 10.9 Å². The van der Waals surface area contributed by atoms with Crippen molar-refractivity contribution < 1.29 is 9.53 Å². The second-order valence-electron chi connectivity index (χ2n) is 7.02. The SMILES string of the molecule is COc1ccc(C2CCCCCN2C(=O)c2cccc3cccnc23)cc1. The fourth-order valence-corrected chi connectivity index (χ4v) is 3.96. The molecule has 4 rings (SSSR count). The van der Waals surface area contributed by atoms with E-state index in [0.29, 0.717) is 5.56 Å². The van der Waals surface area contributed by atoms with E-state index in [1.54, 1.807) is 13.3 Å². The number of hydrogen-bond donors (Lipinski definition) is 0. The van der Waals surface area contributed by atoms with Gasteiger partial charge >= 0.3 is 0 Å². The topological polar surface area (TPSA) is 42.4 Å². The third kappa shape index (κ3) is 3.52. The molecule has 0 saturated carbocycles. The van der Waals surface area contributed by atoms with E-state index < -0.39 is 0 Å². The number of amides is 1. The van der Waals surface area contributed by atoms with E-state index >= 15 is 0 Å². The van der Waals surface area contributed by atoms with Gasteiger partial charge in [0.1, 0.15) is 5.75 Å². The minimum absolute atomic E-state index is 0.0713. The smallest absolute Gasteiger partial charge is 0.256 e. The molecule has 4 nitrogen and oxygen atoms in total. The fraction of sp³-hybridized carbons (Fsp3) is 0.304. The zero-order chi connectivity index (χ0) is 18.6. The lowest BCUT2D eigenvalue weighted by molar-refractivity contribution is 0.0682. The molecule has 1 unspecified atom stereocenters. The Morgan fingerprint density at radius 2 is 1.85 bits per heavy atom. The van der Waals surface area contributed by atoms with Crippen LogP contribution < -0.4 is 4.74 Å². The van der Waals surface area contributed by atoms with Crippen molar-refractivity contribution in [3.63, 3.8) is 0 Å². The Bertz CT molecular complexity index is 931. The molecule has 0 radical (unpaired) electrons. The van der Waals surface area contributed by atoms with Crippen molar-refractivity contribution in [2.24, 2.45) is 0 Å². The van der Waals surface area contributed by atoms with Crippen LogP contribution in [-0.4, -0.2) is 29.4 Å². The highest BCUT2D eigenvalue weighted by atomic mass is 16.5. The molecule has 1 saturated heterocycles. The van der Waals surface area contributed by atoms with Gasteiger partial charge in [-0.2, -0.15) is 0 Å². The van der Waals surface area contributed by atoms with Crippen molar-refractivity contribution >= 4 is 16.8 Å². The zero-order valence-corrected chi connectivity index (χ0v) is 15.6. The standard InChI is InChI=1S/C23H24N2O2/c1-27-19-13-11-17(12-14-19)21-10-3-2-4-16-25(21)23(26)20-9-5-7-18-8-6-15-24-22(18)20/h5-9,11-15,21H,2-4,10,16H2,1H3. The number of para-hydroxylation sites is 1. The summed E-state index contributed by atoms with van der Waals surface area (Å²) in [7, 11) is 1.67. The average Bonchev–Trinajstić information content (AvgIpc) is 2.99. The monoisotopic (exact) mass is 360 g/mol. The molecule has 0 bridgehead atoms. The van der Waals surface area contributed by atoms with Crippen LogP contribution in [0.4, 0.5) is 0 Å². The number of benzene rings is 2. The summed E-state index contributed by atoms with van der Waals surface area (Å²) in [5, 5.41) is 0.999. The lowest BCUT2D eigenvalue weighted by Crippen LogP contribution is -2.35. The quantitative estimate of drug-likeness (QED) is 0.660. The normalized spacial score (nSPS) is 17.5. The first-order chi connectivity index (χ1) is 13.3. The van der Waals surface area contributed by atoms with Gasteiger partial charge in [-0.1, -0.05) is 43.2 Å². The Hall–Kier alpha value is -2.88. The number of methoxy groups -OCH3 is 1. The average molecular weight is 360 g/mol. The molecule has 1 aliphatic rings. The summed E-state index contributed by atoms with van der Waals surface area (Å²) < 4.78 is 5.28. The molecule has 0 spiro atoms. The predicted octanol–water partition coefficient (Wildman–Crippen LogP) is 5.00. The van der Waals surface area contributed by atoms with Gasteiger partial charge in [0.15, 0.2) is 0 Å². The van der Waals surface area contributed by atoms with E-state index in [-0.39, 0.29) is 11.9 Å². The summed E-state index contributed by atoms with van der Waals surface area (Å²) in [5.41, 5.74) is 2.63. The van der Waals surface area contributed by atoms with Crippen LogP contribution in [0.1, 0.15) is 47.6 Å². The Morgan fingerprint density at radius 3 is 2.67 bits per heavy atom. The fourth-order valence-electron chi connectivity index (χ4n) is 3.96. The van der Waals surface area contributed by atoms with Gasteiger partial charge in [0.05, 0.1) is 24.2 Å². The predicted molar refractivity (Wildman–Crippen MR) is 107 cm³/mol. The number of aromatic nitrogens is 1. The summed E-state index contributed by atoms with van der Waals surface area (Å²) in [6.07, 6.45) is 6.06. The van der Waals surface area contributed by atoms with Gasteiger partial charge in [-0.25, -0.2) is 0 Å². The molecule has 1 aliphatic heterocycles. The summed E-state index contributed by atoms with van der Waals surface area (Å²) >= 11 is 0.